The second kappa shape index (κ2) is 6.66. The maximum absolute atomic E-state index is 12.2. The van der Waals surface area contributed by atoms with Gasteiger partial charge in [0.25, 0.3) is 5.91 Å². The van der Waals surface area contributed by atoms with E-state index in [1.165, 1.54) is 16.2 Å². The smallest absolute Gasteiger partial charge is 0.256 e. The molecule has 0 saturated carbocycles. The molecule has 3 heterocycles. The Labute approximate surface area is 141 Å². The molecule has 0 fully saturated rings. The van der Waals surface area contributed by atoms with E-state index in [9.17, 15) is 9.90 Å². The monoisotopic (exact) mass is 348 g/mol. The standard InChI is InChI=1S/C16H16N2O3S2/c1-9-15(10(2)21-18-9)16(20)17-8-11(19)12-5-6-14(23-12)13-4-3-7-22-13/h3-7,11,19H,8H2,1-2H3,(H,17,20)/t11-/m0/s1. The number of aryl methyl sites for hydroxylation is 2. The number of thiophene rings is 2. The van der Waals surface area contributed by atoms with E-state index < -0.39 is 6.10 Å². The summed E-state index contributed by atoms with van der Waals surface area (Å²) in [6.07, 6.45) is -0.738. The van der Waals surface area contributed by atoms with Gasteiger partial charge in [-0.05, 0) is 37.4 Å². The minimum atomic E-state index is -0.738. The molecule has 7 heteroatoms. The number of hydrogen-bond acceptors (Lipinski definition) is 6. The van der Waals surface area contributed by atoms with Gasteiger partial charge in [0, 0.05) is 21.2 Å². The molecule has 0 spiro atoms. The first-order chi connectivity index (χ1) is 11.1. The van der Waals surface area contributed by atoms with Gasteiger partial charge in [0.05, 0.1) is 5.69 Å². The van der Waals surface area contributed by atoms with E-state index in [0.29, 0.717) is 17.0 Å². The molecular formula is C16H16N2O3S2. The van der Waals surface area contributed by atoms with E-state index >= 15 is 0 Å². The van der Waals surface area contributed by atoms with Crippen LogP contribution in [0.4, 0.5) is 0 Å². The summed E-state index contributed by atoms with van der Waals surface area (Å²) in [6.45, 7) is 3.56. The van der Waals surface area contributed by atoms with Gasteiger partial charge in [-0.1, -0.05) is 11.2 Å². The molecule has 0 bridgehead atoms. The lowest BCUT2D eigenvalue weighted by molar-refractivity contribution is 0.0916. The number of carbonyl (C=O) groups excluding carboxylic acids is 1. The van der Waals surface area contributed by atoms with Crippen LogP contribution in [0.5, 0.6) is 0 Å². The van der Waals surface area contributed by atoms with E-state index in [2.05, 4.69) is 10.5 Å². The molecule has 2 N–H and O–H groups in total. The summed E-state index contributed by atoms with van der Waals surface area (Å²) in [4.78, 5) is 15.3. The first kappa shape index (κ1) is 15.9. The van der Waals surface area contributed by atoms with Gasteiger partial charge in [-0.3, -0.25) is 4.79 Å². The lowest BCUT2D eigenvalue weighted by Gasteiger charge is -2.10. The fourth-order valence-corrected chi connectivity index (χ4v) is 4.10. The van der Waals surface area contributed by atoms with Gasteiger partial charge < -0.3 is 14.9 Å². The molecule has 3 aromatic rings. The average Bonchev–Trinajstić information content (AvgIpc) is 3.25. The topological polar surface area (TPSA) is 75.4 Å². The summed E-state index contributed by atoms with van der Waals surface area (Å²) in [5.41, 5.74) is 0.980. The van der Waals surface area contributed by atoms with Gasteiger partial charge in [-0.2, -0.15) is 0 Å². The van der Waals surface area contributed by atoms with Crippen LogP contribution in [0.2, 0.25) is 0 Å². The van der Waals surface area contributed by atoms with Crippen molar-refractivity contribution in [2.75, 3.05) is 6.54 Å². The largest absolute Gasteiger partial charge is 0.386 e. The third kappa shape index (κ3) is 3.36. The number of rotatable bonds is 5. The highest BCUT2D eigenvalue weighted by Crippen LogP contribution is 2.33. The van der Waals surface area contributed by atoms with Gasteiger partial charge in [0.2, 0.25) is 0 Å². The minimum absolute atomic E-state index is 0.146. The van der Waals surface area contributed by atoms with Crippen LogP contribution < -0.4 is 5.32 Å². The lowest BCUT2D eigenvalue weighted by atomic mass is 10.2. The second-order valence-electron chi connectivity index (χ2n) is 5.10. The van der Waals surface area contributed by atoms with E-state index in [-0.39, 0.29) is 12.5 Å². The third-order valence-electron chi connectivity index (χ3n) is 3.44. The second-order valence-corrected chi connectivity index (χ2v) is 7.17. The van der Waals surface area contributed by atoms with E-state index in [4.69, 9.17) is 4.52 Å². The van der Waals surface area contributed by atoms with Crippen molar-refractivity contribution in [2.24, 2.45) is 0 Å². The molecule has 120 valence electrons. The van der Waals surface area contributed by atoms with Crippen molar-refractivity contribution in [1.29, 1.82) is 0 Å². The van der Waals surface area contributed by atoms with Crippen LogP contribution in [0.1, 0.15) is 32.8 Å². The van der Waals surface area contributed by atoms with Crippen molar-refractivity contribution in [3.63, 3.8) is 0 Å². The van der Waals surface area contributed by atoms with Crippen LogP contribution in [0, 0.1) is 13.8 Å². The predicted molar refractivity (Wildman–Crippen MR) is 90.9 cm³/mol. The minimum Gasteiger partial charge on any atom is -0.386 e. The zero-order chi connectivity index (χ0) is 16.4. The van der Waals surface area contributed by atoms with Crippen molar-refractivity contribution in [3.05, 3.63) is 51.5 Å². The Morgan fingerprint density at radius 3 is 2.83 bits per heavy atom. The Balaban J connectivity index is 1.64. The Bertz CT molecular complexity index is 786. The molecule has 0 aliphatic heterocycles. The number of aromatic nitrogens is 1. The van der Waals surface area contributed by atoms with E-state index in [1.54, 1.807) is 25.2 Å². The van der Waals surface area contributed by atoms with Gasteiger partial charge in [0.15, 0.2) is 0 Å². The summed E-state index contributed by atoms with van der Waals surface area (Å²) in [5.74, 6) is 0.195. The highest BCUT2D eigenvalue weighted by Gasteiger charge is 2.19. The van der Waals surface area contributed by atoms with Crippen LogP contribution in [0.3, 0.4) is 0 Å². The molecule has 0 radical (unpaired) electrons. The fourth-order valence-electron chi connectivity index (χ4n) is 2.27. The molecule has 3 rings (SSSR count). The van der Waals surface area contributed by atoms with Crippen LogP contribution in [0.15, 0.2) is 34.2 Å². The SMILES string of the molecule is Cc1noc(C)c1C(=O)NC[C@H](O)c1ccc(-c2cccs2)s1. The number of nitrogens with zero attached hydrogens (tertiary/aromatic N) is 1. The summed E-state index contributed by atoms with van der Waals surface area (Å²) < 4.78 is 4.98. The van der Waals surface area contributed by atoms with Gasteiger partial charge in [-0.25, -0.2) is 0 Å². The number of aliphatic hydroxyl groups excluding tert-OH is 1. The van der Waals surface area contributed by atoms with Crippen molar-refractivity contribution < 1.29 is 14.4 Å². The Morgan fingerprint density at radius 2 is 2.17 bits per heavy atom. The quantitative estimate of drug-likeness (QED) is 0.739. The predicted octanol–water partition coefficient (Wildman–Crippen LogP) is 3.54. The maximum atomic E-state index is 12.2. The number of nitrogens with one attached hydrogen (secondary N) is 1. The highest BCUT2D eigenvalue weighted by atomic mass is 32.1. The maximum Gasteiger partial charge on any atom is 0.256 e. The first-order valence-electron chi connectivity index (χ1n) is 7.09. The van der Waals surface area contributed by atoms with Crippen molar-refractivity contribution in [3.8, 4) is 9.75 Å². The van der Waals surface area contributed by atoms with Crippen molar-refractivity contribution in [1.82, 2.24) is 10.5 Å². The first-order valence-corrected chi connectivity index (χ1v) is 8.78. The Morgan fingerprint density at radius 1 is 1.35 bits per heavy atom. The normalized spacial score (nSPS) is 12.3. The molecule has 5 nitrogen and oxygen atoms in total. The molecule has 0 aromatic carbocycles. The molecule has 0 saturated heterocycles. The molecule has 1 atom stereocenters. The van der Waals surface area contributed by atoms with Crippen molar-refractivity contribution in [2.45, 2.75) is 20.0 Å². The number of carbonyl (C=O) groups is 1. The fraction of sp³-hybridized carbons (Fsp3) is 0.250. The number of hydrogen-bond donors (Lipinski definition) is 2. The molecule has 1 amide bonds. The zero-order valence-electron chi connectivity index (χ0n) is 12.7. The molecule has 23 heavy (non-hydrogen) atoms. The van der Waals surface area contributed by atoms with Gasteiger partial charge in [-0.15, -0.1) is 22.7 Å². The number of aliphatic hydroxyl groups is 1. The summed E-state index contributed by atoms with van der Waals surface area (Å²) in [6, 6.07) is 7.93. The summed E-state index contributed by atoms with van der Waals surface area (Å²) in [7, 11) is 0. The highest BCUT2D eigenvalue weighted by molar-refractivity contribution is 7.21. The Hall–Kier alpha value is -1.96. The van der Waals surface area contributed by atoms with Crippen LogP contribution in [-0.2, 0) is 0 Å². The zero-order valence-corrected chi connectivity index (χ0v) is 14.3. The molecular weight excluding hydrogens is 332 g/mol. The average molecular weight is 348 g/mol. The lowest BCUT2D eigenvalue weighted by Crippen LogP contribution is -2.28. The van der Waals surface area contributed by atoms with Gasteiger partial charge >= 0.3 is 0 Å². The molecule has 0 aliphatic rings. The van der Waals surface area contributed by atoms with E-state index in [1.807, 2.05) is 29.6 Å². The van der Waals surface area contributed by atoms with Crippen LogP contribution in [0.25, 0.3) is 9.75 Å². The molecule has 3 aromatic heterocycles. The Kier molecular flexibility index (Phi) is 4.61. The molecule has 0 aliphatic carbocycles. The van der Waals surface area contributed by atoms with E-state index in [0.717, 1.165) is 9.75 Å². The van der Waals surface area contributed by atoms with Gasteiger partial charge in [0.1, 0.15) is 17.4 Å². The summed E-state index contributed by atoms with van der Waals surface area (Å²) in [5, 5.41) is 18.8. The number of amides is 1. The summed E-state index contributed by atoms with van der Waals surface area (Å²) >= 11 is 3.19. The third-order valence-corrected chi connectivity index (χ3v) is 5.69. The van der Waals surface area contributed by atoms with Crippen molar-refractivity contribution >= 4 is 28.6 Å². The van der Waals surface area contributed by atoms with Crippen LogP contribution >= 0.6 is 22.7 Å². The molecule has 0 unspecified atom stereocenters. The van der Waals surface area contributed by atoms with Crippen LogP contribution in [-0.4, -0.2) is 22.7 Å².